The van der Waals surface area contributed by atoms with Crippen LogP contribution < -0.4 is 10.6 Å². The van der Waals surface area contributed by atoms with Crippen molar-refractivity contribution in [2.75, 3.05) is 18.5 Å². The van der Waals surface area contributed by atoms with Crippen LogP contribution in [0.4, 0.5) is 5.69 Å². The highest BCUT2D eigenvalue weighted by atomic mass is 16.5. The molecule has 1 fully saturated rings. The number of anilines is 1. The van der Waals surface area contributed by atoms with E-state index >= 15 is 0 Å². The van der Waals surface area contributed by atoms with Crippen molar-refractivity contribution in [3.8, 4) is 5.69 Å². The highest BCUT2D eigenvalue weighted by Crippen LogP contribution is 2.24. The van der Waals surface area contributed by atoms with Gasteiger partial charge in [-0.2, -0.15) is 5.10 Å². The number of fused-ring (bicyclic) bond motifs is 1. The number of furan rings is 1. The van der Waals surface area contributed by atoms with E-state index in [-0.39, 0.29) is 23.6 Å². The van der Waals surface area contributed by atoms with E-state index < -0.39 is 0 Å². The molecule has 0 bridgehead atoms. The number of carbonyl (C=O) groups is 2. The number of amides is 2. The minimum absolute atomic E-state index is 0.00747. The van der Waals surface area contributed by atoms with Crippen molar-refractivity contribution in [3.63, 3.8) is 0 Å². The first kappa shape index (κ1) is 19.1. The summed E-state index contributed by atoms with van der Waals surface area (Å²) in [6, 6.07) is 16.0. The SMILES string of the molecule is O=C(Nc1ccc2oc(C(=O)NC3CCOC3)cc2c1)c1cccc(-n2cccn2)c1. The van der Waals surface area contributed by atoms with Crippen LogP contribution in [0, 0.1) is 0 Å². The first-order valence-electron chi connectivity index (χ1n) is 9.99. The minimum atomic E-state index is -0.271. The molecular formula is C23H20N4O4. The smallest absolute Gasteiger partial charge is 0.287 e. The summed E-state index contributed by atoms with van der Waals surface area (Å²) in [4.78, 5) is 25.1. The van der Waals surface area contributed by atoms with Crippen LogP contribution >= 0.6 is 0 Å². The molecule has 2 aromatic heterocycles. The maximum Gasteiger partial charge on any atom is 0.287 e. The zero-order valence-corrected chi connectivity index (χ0v) is 16.6. The van der Waals surface area contributed by atoms with Crippen LogP contribution in [0.25, 0.3) is 16.7 Å². The van der Waals surface area contributed by atoms with Crippen LogP contribution in [0.3, 0.4) is 0 Å². The topological polar surface area (TPSA) is 98.4 Å². The number of aromatic nitrogens is 2. The summed E-state index contributed by atoms with van der Waals surface area (Å²) in [6.45, 7) is 1.17. The fraction of sp³-hybridized carbons (Fsp3) is 0.174. The molecule has 0 aliphatic carbocycles. The lowest BCUT2D eigenvalue weighted by Crippen LogP contribution is -2.34. The highest BCUT2D eigenvalue weighted by Gasteiger charge is 2.21. The van der Waals surface area contributed by atoms with Gasteiger partial charge in [0.1, 0.15) is 5.58 Å². The zero-order valence-electron chi connectivity index (χ0n) is 16.6. The summed E-state index contributed by atoms with van der Waals surface area (Å²) in [5, 5.41) is 10.7. The van der Waals surface area contributed by atoms with E-state index in [0.717, 1.165) is 17.5 Å². The van der Waals surface area contributed by atoms with Gasteiger partial charge < -0.3 is 19.8 Å². The van der Waals surface area contributed by atoms with Gasteiger partial charge in [-0.15, -0.1) is 0 Å². The maximum atomic E-state index is 12.7. The van der Waals surface area contributed by atoms with Crippen LogP contribution in [0.1, 0.15) is 27.3 Å². The summed E-state index contributed by atoms with van der Waals surface area (Å²) in [5.41, 5.74) is 2.50. The summed E-state index contributed by atoms with van der Waals surface area (Å²) >= 11 is 0. The molecule has 5 rings (SSSR count). The van der Waals surface area contributed by atoms with E-state index in [0.29, 0.717) is 30.0 Å². The Labute approximate surface area is 177 Å². The van der Waals surface area contributed by atoms with E-state index in [1.54, 1.807) is 47.3 Å². The summed E-state index contributed by atoms with van der Waals surface area (Å²) < 4.78 is 12.6. The van der Waals surface area contributed by atoms with Crippen LogP contribution in [0.15, 0.2) is 71.4 Å². The molecule has 2 amide bonds. The van der Waals surface area contributed by atoms with Crippen molar-refractivity contribution in [2.24, 2.45) is 0 Å². The average Bonchev–Trinajstić information content (AvgIpc) is 3.55. The molecule has 2 N–H and O–H groups in total. The molecule has 0 radical (unpaired) electrons. The minimum Gasteiger partial charge on any atom is -0.451 e. The van der Waals surface area contributed by atoms with Gasteiger partial charge in [-0.25, -0.2) is 4.68 Å². The van der Waals surface area contributed by atoms with Gasteiger partial charge >= 0.3 is 0 Å². The lowest BCUT2D eigenvalue weighted by Gasteiger charge is -2.08. The van der Waals surface area contributed by atoms with Gasteiger partial charge in [-0.3, -0.25) is 9.59 Å². The number of rotatable bonds is 5. The van der Waals surface area contributed by atoms with Crippen molar-refractivity contribution in [2.45, 2.75) is 12.5 Å². The molecule has 0 spiro atoms. The molecule has 2 aromatic carbocycles. The lowest BCUT2D eigenvalue weighted by atomic mass is 10.1. The van der Waals surface area contributed by atoms with Gasteiger partial charge in [-0.05, 0) is 55.0 Å². The first-order chi connectivity index (χ1) is 15.2. The van der Waals surface area contributed by atoms with Crippen LogP contribution in [0.2, 0.25) is 0 Å². The van der Waals surface area contributed by atoms with Crippen LogP contribution in [-0.4, -0.2) is 40.9 Å². The van der Waals surface area contributed by atoms with E-state index in [1.165, 1.54) is 0 Å². The van der Waals surface area contributed by atoms with Gasteiger partial charge in [-0.1, -0.05) is 6.07 Å². The largest absolute Gasteiger partial charge is 0.451 e. The van der Waals surface area contributed by atoms with Gasteiger partial charge in [0.15, 0.2) is 5.76 Å². The molecule has 4 aromatic rings. The highest BCUT2D eigenvalue weighted by molar-refractivity contribution is 6.05. The standard InChI is InChI=1S/C23H20N4O4/c28-22(15-3-1-4-19(12-15)27-9-2-8-24-27)25-17-5-6-20-16(11-17)13-21(31-20)23(29)26-18-7-10-30-14-18/h1-6,8-9,11-13,18H,7,10,14H2,(H,25,28)(H,26,29). The molecule has 1 saturated heterocycles. The Hall–Kier alpha value is -3.91. The summed E-state index contributed by atoms with van der Waals surface area (Å²) in [5.74, 6) is -0.277. The van der Waals surface area contributed by atoms with Gasteiger partial charge in [0.25, 0.3) is 11.8 Å². The normalized spacial score (nSPS) is 15.8. The second kappa shape index (κ2) is 8.08. The van der Waals surface area contributed by atoms with Crippen molar-refractivity contribution in [1.29, 1.82) is 0 Å². The number of ether oxygens (including phenoxy) is 1. The molecule has 156 valence electrons. The lowest BCUT2D eigenvalue weighted by molar-refractivity contribution is 0.0903. The summed E-state index contributed by atoms with van der Waals surface area (Å²) in [7, 11) is 0. The first-order valence-corrected chi connectivity index (χ1v) is 9.99. The molecule has 0 saturated carbocycles. The van der Waals surface area contributed by atoms with Crippen molar-refractivity contribution < 1.29 is 18.7 Å². The molecule has 8 nitrogen and oxygen atoms in total. The molecule has 8 heteroatoms. The van der Waals surface area contributed by atoms with Crippen molar-refractivity contribution in [1.82, 2.24) is 15.1 Å². The molecule has 1 atom stereocenters. The van der Waals surface area contributed by atoms with E-state index in [2.05, 4.69) is 15.7 Å². The van der Waals surface area contributed by atoms with E-state index in [9.17, 15) is 9.59 Å². The number of nitrogens with zero attached hydrogens (tertiary/aromatic N) is 2. The Morgan fingerprint density at radius 2 is 2.00 bits per heavy atom. The summed E-state index contributed by atoms with van der Waals surface area (Å²) in [6.07, 6.45) is 4.30. The Balaban J connectivity index is 1.32. The van der Waals surface area contributed by atoms with E-state index in [4.69, 9.17) is 9.15 Å². The van der Waals surface area contributed by atoms with Gasteiger partial charge in [0.05, 0.1) is 18.3 Å². The molecule has 1 aliphatic heterocycles. The third-order valence-corrected chi connectivity index (χ3v) is 5.14. The predicted octanol–water partition coefficient (Wildman–Crippen LogP) is 3.39. The number of carbonyl (C=O) groups excluding carboxylic acids is 2. The van der Waals surface area contributed by atoms with Gasteiger partial charge in [0, 0.05) is 35.6 Å². The third kappa shape index (κ3) is 4.06. The fourth-order valence-electron chi connectivity index (χ4n) is 3.55. The third-order valence-electron chi connectivity index (χ3n) is 5.14. The molecule has 3 heterocycles. The van der Waals surface area contributed by atoms with Crippen molar-refractivity contribution >= 4 is 28.5 Å². The number of benzene rings is 2. The molecule has 1 unspecified atom stereocenters. The Morgan fingerprint density at radius 3 is 2.81 bits per heavy atom. The molecule has 1 aliphatic rings. The van der Waals surface area contributed by atoms with E-state index in [1.807, 2.05) is 24.4 Å². The number of nitrogens with one attached hydrogen (secondary N) is 2. The zero-order chi connectivity index (χ0) is 21.2. The molecular weight excluding hydrogens is 396 g/mol. The second-order valence-electron chi connectivity index (χ2n) is 7.35. The van der Waals surface area contributed by atoms with Gasteiger partial charge in [0.2, 0.25) is 0 Å². The maximum absolute atomic E-state index is 12.7. The predicted molar refractivity (Wildman–Crippen MR) is 114 cm³/mol. The Kier molecular flexibility index (Phi) is 4.97. The van der Waals surface area contributed by atoms with Crippen molar-refractivity contribution in [3.05, 3.63) is 78.3 Å². The Morgan fingerprint density at radius 1 is 1.06 bits per heavy atom. The monoisotopic (exact) mass is 416 g/mol. The Bertz CT molecular complexity index is 1240. The fourth-order valence-corrected chi connectivity index (χ4v) is 3.55. The van der Waals surface area contributed by atoms with Crippen LogP contribution in [0.5, 0.6) is 0 Å². The number of hydrogen-bond donors (Lipinski definition) is 2. The van der Waals surface area contributed by atoms with Crippen LogP contribution in [-0.2, 0) is 4.74 Å². The quantitative estimate of drug-likeness (QED) is 0.520. The number of hydrogen-bond acceptors (Lipinski definition) is 5. The average molecular weight is 416 g/mol. The second-order valence-corrected chi connectivity index (χ2v) is 7.35. The molecule has 31 heavy (non-hydrogen) atoms.